The molecule has 0 radical (unpaired) electrons. The van der Waals surface area contributed by atoms with Gasteiger partial charge in [0.05, 0.1) is 5.56 Å². The minimum absolute atomic E-state index is 0.0171. The molecule has 1 amide bonds. The fourth-order valence-electron chi connectivity index (χ4n) is 2.08. The number of carbonyl (C=O) groups is 1. The number of hydrogen-bond acceptors (Lipinski definition) is 5. The molecule has 0 aliphatic carbocycles. The highest BCUT2D eigenvalue weighted by Gasteiger charge is 2.10. The first-order chi connectivity index (χ1) is 11.7. The van der Waals surface area contributed by atoms with Gasteiger partial charge in [-0.3, -0.25) is 4.79 Å². The van der Waals surface area contributed by atoms with Gasteiger partial charge in [0.15, 0.2) is 0 Å². The summed E-state index contributed by atoms with van der Waals surface area (Å²) in [6, 6.07) is 15.2. The molecule has 2 N–H and O–H groups in total. The molecule has 0 bridgehead atoms. The fraction of sp³-hybridized carbons (Fsp3) is 0.118. The van der Waals surface area contributed by atoms with Crippen LogP contribution >= 0.6 is 0 Å². The van der Waals surface area contributed by atoms with Crippen LogP contribution in [0, 0.1) is 5.82 Å². The number of halogens is 1. The Bertz CT molecular complexity index is 820. The van der Waals surface area contributed by atoms with Crippen LogP contribution in [0.5, 0.6) is 0 Å². The van der Waals surface area contributed by atoms with Gasteiger partial charge in [0.25, 0.3) is 17.7 Å². The molecule has 24 heavy (non-hydrogen) atoms. The summed E-state index contributed by atoms with van der Waals surface area (Å²) >= 11 is 0. The first-order valence-electron chi connectivity index (χ1n) is 7.40. The third-order valence-corrected chi connectivity index (χ3v) is 3.26. The second kappa shape index (κ2) is 7.36. The molecule has 1 aromatic heterocycles. The summed E-state index contributed by atoms with van der Waals surface area (Å²) < 4.78 is 18.6. The zero-order valence-corrected chi connectivity index (χ0v) is 12.7. The Hall–Kier alpha value is -3.22. The summed E-state index contributed by atoms with van der Waals surface area (Å²) in [6.07, 6.45) is 0. The maximum atomic E-state index is 13.5. The molecule has 0 saturated carbocycles. The van der Waals surface area contributed by atoms with Crippen molar-refractivity contribution in [2.24, 2.45) is 0 Å². The van der Waals surface area contributed by atoms with Gasteiger partial charge >= 0.3 is 0 Å². The Kier molecular flexibility index (Phi) is 4.81. The van der Waals surface area contributed by atoms with E-state index in [1.54, 1.807) is 6.07 Å². The van der Waals surface area contributed by atoms with Crippen molar-refractivity contribution >= 4 is 11.9 Å². The number of anilines is 1. The second-order valence-corrected chi connectivity index (χ2v) is 4.95. The van der Waals surface area contributed by atoms with E-state index in [0.717, 1.165) is 5.56 Å². The molecule has 2 aromatic carbocycles. The van der Waals surface area contributed by atoms with Gasteiger partial charge in [0, 0.05) is 18.7 Å². The molecular formula is C17H15FN4O2. The predicted molar refractivity (Wildman–Crippen MR) is 87.0 cm³/mol. The zero-order valence-electron chi connectivity index (χ0n) is 12.7. The van der Waals surface area contributed by atoms with Crippen molar-refractivity contribution < 1.29 is 13.7 Å². The Labute approximate surface area is 137 Å². The lowest BCUT2D eigenvalue weighted by molar-refractivity contribution is 0.0951. The molecule has 0 aliphatic rings. The van der Waals surface area contributed by atoms with Gasteiger partial charge in [-0.15, -0.1) is 0 Å². The number of rotatable bonds is 6. The van der Waals surface area contributed by atoms with E-state index in [4.69, 9.17) is 4.52 Å². The average Bonchev–Trinajstić information content (AvgIpc) is 3.09. The molecule has 0 fully saturated rings. The first-order valence-corrected chi connectivity index (χ1v) is 7.40. The maximum absolute atomic E-state index is 13.5. The minimum Gasteiger partial charge on any atom is -0.350 e. The third-order valence-electron chi connectivity index (χ3n) is 3.26. The van der Waals surface area contributed by atoms with Crippen LogP contribution < -0.4 is 10.6 Å². The summed E-state index contributed by atoms with van der Waals surface area (Å²) in [5.41, 5.74) is 0.842. The van der Waals surface area contributed by atoms with Gasteiger partial charge in [0.2, 0.25) is 0 Å². The average molecular weight is 326 g/mol. The lowest BCUT2D eigenvalue weighted by Gasteiger charge is -2.06. The Morgan fingerprint density at radius 1 is 1.04 bits per heavy atom. The van der Waals surface area contributed by atoms with E-state index in [2.05, 4.69) is 20.8 Å². The molecule has 6 nitrogen and oxygen atoms in total. The van der Waals surface area contributed by atoms with Crippen LogP contribution in [0.1, 0.15) is 10.4 Å². The normalized spacial score (nSPS) is 10.4. The molecule has 0 spiro atoms. The molecule has 0 saturated heterocycles. The monoisotopic (exact) mass is 326 g/mol. The molecule has 3 rings (SSSR count). The SMILES string of the molecule is O=C(NCCNc1noc(-c2ccccc2)n1)c1ccccc1F. The van der Waals surface area contributed by atoms with Crippen molar-refractivity contribution in [3.63, 3.8) is 0 Å². The Morgan fingerprint density at radius 2 is 1.79 bits per heavy atom. The quantitative estimate of drug-likeness (QED) is 0.681. The van der Waals surface area contributed by atoms with E-state index in [1.807, 2.05) is 30.3 Å². The highest BCUT2D eigenvalue weighted by molar-refractivity contribution is 5.94. The highest BCUT2D eigenvalue weighted by Crippen LogP contribution is 2.17. The summed E-state index contributed by atoms with van der Waals surface area (Å²) in [5, 5.41) is 9.36. The molecule has 3 aromatic rings. The van der Waals surface area contributed by atoms with Crippen molar-refractivity contribution in [2.45, 2.75) is 0 Å². The number of nitrogens with zero attached hydrogens (tertiary/aromatic N) is 2. The summed E-state index contributed by atoms with van der Waals surface area (Å²) in [5.74, 6) is -0.274. The fourth-order valence-corrected chi connectivity index (χ4v) is 2.08. The van der Waals surface area contributed by atoms with Crippen molar-refractivity contribution in [1.29, 1.82) is 0 Å². The molecule has 122 valence electrons. The molecule has 0 atom stereocenters. The van der Waals surface area contributed by atoms with Gasteiger partial charge in [-0.1, -0.05) is 30.3 Å². The molecule has 1 heterocycles. The minimum atomic E-state index is -0.548. The highest BCUT2D eigenvalue weighted by atomic mass is 19.1. The van der Waals surface area contributed by atoms with E-state index in [0.29, 0.717) is 24.9 Å². The van der Waals surface area contributed by atoms with Crippen LogP contribution in [0.15, 0.2) is 59.1 Å². The van der Waals surface area contributed by atoms with Crippen LogP contribution in [-0.4, -0.2) is 29.1 Å². The van der Waals surface area contributed by atoms with E-state index in [-0.39, 0.29) is 5.56 Å². The summed E-state index contributed by atoms with van der Waals surface area (Å²) in [4.78, 5) is 16.0. The number of aromatic nitrogens is 2. The number of benzene rings is 2. The Morgan fingerprint density at radius 3 is 2.58 bits per heavy atom. The van der Waals surface area contributed by atoms with Crippen LogP contribution in [-0.2, 0) is 0 Å². The summed E-state index contributed by atoms with van der Waals surface area (Å²) in [6.45, 7) is 0.677. The smallest absolute Gasteiger partial charge is 0.263 e. The molecule has 0 unspecified atom stereocenters. The van der Waals surface area contributed by atoms with Gasteiger partial charge in [0.1, 0.15) is 5.82 Å². The standard InChI is InChI=1S/C17H15FN4O2/c18-14-9-5-4-8-13(14)15(23)19-10-11-20-17-21-16(24-22-17)12-6-2-1-3-7-12/h1-9H,10-11H2,(H,19,23)(H,20,22). The topological polar surface area (TPSA) is 80.0 Å². The second-order valence-electron chi connectivity index (χ2n) is 4.95. The number of carbonyl (C=O) groups excluding carboxylic acids is 1. The maximum Gasteiger partial charge on any atom is 0.263 e. The largest absolute Gasteiger partial charge is 0.350 e. The van der Waals surface area contributed by atoms with Crippen molar-refractivity contribution in [3.05, 3.63) is 66.0 Å². The number of nitrogens with one attached hydrogen (secondary N) is 2. The lowest BCUT2D eigenvalue weighted by Crippen LogP contribution is -2.29. The van der Waals surface area contributed by atoms with E-state index in [1.165, 1.54) is 18.2 Å². The number of hydrogen-bond donors (Lipinski definition) is 2. The molecule has 0 aliphatic heterocycles. The van der Waals surface area contributed by atoms with Gasteiger partial charge in [-0.05, 0) is 29.4 Å². The van der Waals surface area contributed by atoms with Crippen LogP contribution in [0.25, 0.3) is 11.5 Å². The first kappa shape index (κ1) is 15.7. The van der Waals surface area contributed by atoms with E-state index < -0.39 is 11.7 Å². The summed E-state index contributed by atoms with van der Waals surface area (Å²) in [7, 11) is 0. The lowest BCUT2D eigenvalue weighted by atomic mass is 10.2. The van der Waals surface area contributed by atoms with Gasteiger partial charge in [-0.2, -0.15) is 4.98 Å². The van der Waals surface area contributed by atoms with E-state index in [9.17, 15) is 9.18 Å². The van der Waals surface area contributed by atoms with Gasteiger partial charge in [-0.25, -0.2) is 4.39 Å². The van der Waals surface area contributed by atoms with E-state index >= 15 is 0 Å². The van der Waals surface area contributed by atoms with Crippen LogP contribution in [0.3, 0.4) is 0 Å². The zero-order chi connectivity index (χ0) is 16.8. The van der Waals surface area contributed by atoms with Crippen molar-refractivity contribution in [1.82, 2.24) is 15.5 Å². The van der Waals surface area contributed by atoms with Crippen molar-refractivity contribution in [2.75, 3.05) is 18.4 Å². The van der Waals surface area contributed by atoms with Crippen molar-refractivity contribution in [3.8, 4) is 11.5 Å². The number of amides is 1. The molecular weight excluding hydrogens is 311 g/mol. The van der Waals surface area contributed by atoms with Gasteiger partial charge < -0.3 is 15.2 Å². The predicted octanol–water partition coefficient (Wildman–Crippen LogP) is 2.72. The van der Waals surface area contributed by atoms with Crippen LogP contribution in [0.2, 0.25) is 0 Å². The third kappa shape index (κ3) is 3.75. The van der Waals surface area contributed by atoms with Crippen LogP contribution in [0.4, 0.5) is 10.3 Å². The molecule has 7 heteroatoms. The Balaban J connectivity index is 1.48.